The van der Waals surface area contributed by atoms with Crippen molar-refractivity contribution in [3.63, 3.8) is 0 Å². The number of amides is 2. The molecule has 3 rings (SSSR count). The van der Waals surface area contributed by atoms with Gasteiger partial charge < -0.3 is 4.74 Å². The number of benzene rings is 2. The SMILES string of the molecule is CCc1ccc(C[C@@H]2SC(=O)N(CCOc3ccc(C)cc3)C2=O)cc1. The summed E-state index contributed by atoms with van der Waals surface area (Å²) in [5, 5.41) is -0.521. The Morgan fingerprint density at radius 3 is 2.31 bits per heavy atom. The van der Waals surface area contributed by atoms with Crippen molar-refractivity contribution in [1.82, 2.24) is 4.90 Å². The van der Waals surface area contributed by atoms with E-state index in [4.69, 9.17) is 4.74 Å². The predicted octanol–water partition coefficient (Wildman–Crippen LogP) is 4.24. The molecule has 0 unspecified atom stereocenters. The Morgan fingerprint density at radius 1 is 1.00 bits per heavy atom. The first-order chi connectivity index (χ1) is 12.6. The molecule has 26 heavy (non-hydrogen) atoms. The van der Waals surface area contributed by atoms with Crippen LogP contribution in [0.4, 0.5) is 4.79 Å². The fraction of sp³-hybridized carbons (Fsp3) is 0.333. The van der Waals surface area contributed by atoms with Gasteiger partial charge in [0, 0.05) is 0 Å². The van der Waals surface area contributed by atoms with E-state index in [9.17, 15) is 9.59 Å². The second kappa shape index (κ2) is 8.41. The highest BCUT2D eigenvalue weighted by molar-refractivity contribution is 8.15. The highest BCUT2D eigenvalue weighted by Crippen LogP contribution is 2.29. The maximum Gasteiger partial charge on any atom is 0.289 e. The second-order valence-electron chi connectivity index (χ2n) is 6.40. The van der Waals surface area contributed by atoms with Crippen LogP contribution in [0.3, 0.4) is 0 Å². The number of hydrogen-bond donors (Lipinski definition) is 0. The van der Waals surface area contributed by atoms with Crippen molar-refractivity contribution in [3.8, 4) is 5.75 Å². The van der Waals surface area contributed by atoms with E-state index in [1.165, 1.54) is 10.5 Å². The molecule has 5 heteroatoms. The molecule has 1 aliphatic rings. The molecule has 0 aromatic heterocycles. The van der Waals surface area contributed by atoms with Crippen LogP contribution < -0.4 is 4.74 Å². The van der Waals surface area contributed by atoms with Gasteiger partial charge in [0.1, 0.15) is 12.4 Å². The molecule has 0 aliphatic carbocycles. The average molecular weight is 369 g/mol. The maximum atomic E-state index is 12.6. The van der Waals surface area contributed by atoms with Crippen molar-refractivity contribution >= 4 is 22.9 Å². The maximum absolute atomic E-state index is 12.6. The minimum Gasteiger partial charge on any atom is -0.492 e. The van der Waals surface area contributed by atoms with Crippen LogP contribution in [-0.4, -0.2) is 34.4 Å². The van der Waals surface area contributed by atoms with Crippen LogP contribution in [0.2, 0.25) is 0 Å². The normalized spacial score (nSPS) is 17.0. The Hall–Kier alpha value is -2.27. The lowest BCUT2D eigenvalue weighted by atomic mass is 10.1. The summed E-state index contributed by atoms with van der Waals surface area (Å²) in [6.07, 6.45) is 1.57. The highest BCUT2D eigenvalue weighted by atomic mass is 32.2. The molecular weight excluding hydrogens is 346 g/mol. The van der Waals surface area contributed by atoms with E-state index in [0.29, 0.717) is 13.0 Å². The van der Waals surface area contributed by atoms with Crippen LogP contribution in [0.25, 0.3) is 0 Å². The van der Waals surface area contributed by atoms with Gasteiger partial charge in [-0.15, -0.1) is 0 Å². The zero-order chi connectivity index (χ0) is 18.5. The van der Waals surface area contributed by atoms with Gasteiger partial charge in [-0.3, -0.25) is 14.5 Å². The van der Waals surface area contributed by atoms with Crippen molar-refractivity contribution in [3.05, 3.63) is 65.2 Å². The third-order valence-corrected chi connectivity index (χ3v) is 5.54. The molecule has 0 N–H and O–H groups in total. The molecule has 0 radical (unpaired) electrons. The average Bonchev–Trinajstić information content (AvgIpc) is 2.91. The fourth-order valence-corrected chi connectivity index (χ4v) is 3.90. The van der Waals surface area contributed by atoms with E-state index in [-0.39, 0.29) is 22.9 Å². The molecule has 1 aliphatic heterocycles. The molecule has 1 atom stereocenters. The summed E-state index contributed by atoms with van der Waals surface area (Å²) in [7, 11) is 0. The molecule has 0 spiro atoms. The van der Waals surface area contributed by atoms with Crippen molar-refractivity contribution < 1.29 is 14.3 Å². The number of rotatable bonds is 7. The molecule has 1 saturated heterocycles. The van der Waals surface area contributed by atoms with Crippen molar-refractivity contribution in [1.29, 1.82) is 0 Å². The zero-order valence-electron chi connectivity index (χ0n) is 15.1. The summed E-state index contributed by atoms with van der Waals surface area (Å²) in [5.41, 5.74) is 3.51. The summed E-state index contributed by atoms with van der Waals surface area (Å²) in [6.45, 7) is 4.71. The lowest BCUT2D eigenvalue weighted by molar-refractivity contribution is -0.126. The standard InChI is InChI=1S/C21H23NO3S/c1-3-16-6-8-17(9-7-16)14-19-20(23)22(21(24)26-19)12-13-25-18-10-4-15(2)5-11-18/h4-11,19H,3,12-14H2,1-2H3/t19-/m0/s1. The van der Waals surface area contributed by atoms with Gasteiger partial charge in [0.2, 0.25) is 5.91 Å². The van der Waals surface area contributed by atoms with Gasteiger partial charge in [0.05, 0.1) is 11.8 Å². The van der Waals surface area contributed by atoms with E-state index in [1.54, 1.807) is 0 Å². The third-order valence-electron chi connectivity index (χ3n) is 4.46. The number of aryl methyl sites for hydroxylation is 2. The minimum absolute atomic E-state index is 0.118. The van der Waals surface area contributed by atoms with Gasteiger partial charge in [0.25, 0.3) is 5.24 Å². The van der Waals surface area contributed by atoms with E-state index in [2.05, 4.69) is 19.1 Å². The van der Waals surface area contributed by atoms with E-state index >= 15 is 0 Å². The number of carbonyl (C=O) groups is 2. The largest absolute Gasteiger partial charge is 0.492 e. The summed E-state index contributed by atoms with van der Waals surface area (Å²) in [5.74, 6) is 0.627. The molecule has 136 valence electrons. The van der Waals surface area contributed by atoms with Gasteiger partial charge in [-0.05, 0) is 43.0 Å². The molecule has 1 fully saturated rings. The van der Waals surface area contributed by atoms with Crippen LogP contribution >= 0.6 is 11.8 Å². The second-order valence-corrected chi connectivity index (χ2v) is 7.55. The molecule has 2 amide bonds. The van der Waals surface area contributed by atoms with Crippen LogP contribution in [0.15, 0.2) is 48.5 Å². The molecular formula is C21H23NO3S. The summed E-state index contributed by atoms with van der Waals surface area (Å²) in [6, 6.07) is 16.0. The predicted molar refractivity (Wildman–Crippen MR) is 105 cm³/mol. The Morgan fingerprint density at radius 2 is 1.65 bits per heavy atom. The minimum atomic E-state index is -0.339. The van der Waals surface area contributed by atoms with Crippen molar-refractivity contribution in [2.24, 2.45) is 0 Å². The first kappa shape index (κ1) is 18.5. The molecule has 2 aromatic rings. The van der Waals surface area contributed by atoms with Crippen LogP contribution in [0.1, 0.15) is 23.6 Å². The topological polar surface area (TPSA) is 46.6 Å². The van der Waals surface area contributed by atoms with Gasteiger partial charge >= 0.3 is 0 Å². The summed E-state index contributed by atoms with van der Waals surface area (Å²) in [4.78, 5) is 26.1. The third kappa shape index (κ3) is 4.47. The number of carbonyl (C=O) groups excluding carboxylic acids is 2. The van der Waals surface area contributed by atoms with E-state index < -0.39 is 0 Å². The number of nitrogens with zero attached hydrogens (tertiary/aromatic N) is 1. The van der Waals surface area contributed by atoms with Gasteiger partial charge in [0.15, 0.2) is 0 Å². The number of thioether (sulfide) groups is 1. The van der Waals surface area contributed by atoms with Crippen molar-refractivity contribution in [2.45, 2.75) is 31.9 Å². The Kier molecular flexibility index (Phi) is 5.99. The number of imide groups is 1. The number of ether oxygens (including phenoxy) is 1. The van der Waals surface area contributed by atoms with Gasteiger partial charge in [-0.1, -0.05) is 60.6 Å². The molecule has 4 nitrogen and oxygen atoms in total. The Labute approximate surface area is 158 Å². The van der Waals surface area contributed by atoms with Crippen LogP contribution in [0, 0.1) is 6.92 Å². The smallest absolute Gasteiger partial charge is 0.289 e. The quantitative estimate of drug-likeness (QED) is 0.732. The first-order valence-electron chi connectivity index (χ1n) is 8.86. The van der Waals surface area contributed by atoms with Crippen LogP contribution in [0.5, 0.6) is 5.75 Å². The van der Waals surface area contributed by atoms with Gasteiger partial charge in [-0.2, -0.15) is 0 Å². The van der Waals surface area contributed by atoms with E-state index in [1.807, 2.05) is 43.3 Å². The zero-order valence-corrected chi connectivity index (χ0v) is 15.9. The molecule has 0 saturated carbocycles. The number of hydrogen-bond acceptors (Lipinski definition) is 4. The van der Waals surface area contributed by atoms with Crippen LogP contribution in [-0.2, 0) is 17.6 Å². The van der Waals surface area contributed by atoms with Gasteiger partial charge in [-0.25, -0.2) is 0 Å². The molecule has 2 aromatic carbocycles. The Balaban J connectivity index is 1.53. The monoisotopic (exact) mass is 369 g/mol. The fourth-order valence-electron chi connectivity index (χ4n) is 2.84. The highest BCUT2D eigenvalue weighted by Gasteiger charge is 2.39. The van der Waals surface area contributed by atoms with E-state index in [0.717, 1.165) is 35.1 Å². The molecule has 1 heterocycles. The summed E-state index contributed by atoms with van der Waals surface area (Å²) < 4.78 is 5.64. The molecule has 0 bridgehead atoms. The lowest BCUT2D eigenvalue weighted by Crippen LogP contribution is -2.35. The lowest BCUT2D eigenvalue weighted by Gasteiger charge is -2.14. The van der Waals surface area contributed by atoms with Crippen molar-refractivity contribution in [2.75, 3.05) is 13.2 Å². The first-order valence-corrected chi connectivity index (χ1v) is 9.74. The summed E-state index contributed by atoms with van der Waals surface area (Å²) >= 11 is 1.12. The Bertz CT molecular complexity index is 771.